The highest BCUT2D eigenvalue weighted by Gasteiger charge is 2.24. The highest BCUT2D eigenvalue weighted by Crippen LogP contribution is 2.49. The summed E-state index contributed by atoms with van der Waals surface area (Å²) in [5.74, 6) is 0. The van der Waals surface area contributed by atoms with Gasteiger partial charge in [0.2, 0.25) is 0 Å². The van der Waals surface area contributed by atoms with Gasteiger partial charge in [0.1, 0.15) is 11.2 Å². The molecule has 0 aliphatic rings. The first-order valence-electron chi connectivity index (χ1n) is 18.4. The Bertz CT molecular complexity index is 2930. The number of nitrogens with zero attached hydrogens (tertiary/aromatic N) is 1. The zero-order chi connectivity index (χ0) is 35.8. The van der Waals surface area contributed by atoms with Crippen LogP contribution in [0.5, 0.6) is 0 Å². The van der Waals surface area contributed by atoms with Crippen LogP contribution in [0.1, 0.15) is 0 Å². The Labute approximate surface area is 314 Å². The number of anilines is 3. The van der Waals surface area contributed by atoms with E-state index in [1.807, 2.05) is 0 Å². The molecule has 10 rings (SSSR count). The number of hydrogen-bond acceptors (Lipinski definition) is 2. The van der Waals surface area contributed by atoms with Crippen molar-refractivity contribution in [3.8, 4) is 44.5 Å². The molecular formula is C52H35NO. The van der Waals surface area contributed by atoms with E-state index >= 15 is 0 Å². The number of para-hydroxylation sites is 2. The van der Waals surface area contributed by atoms with Gasteiger partial charge in [-0.2, -0.15) is 0 Å². The average molecular weight is 690 g/mol. The van der Waals surface area contributed by atoms with Gasteiger partial charge in [0, 0.05) is 27.5 Å². The van der Waals surface area contributed by atoms with Gasteiger partial charge in [0.15, 0.2) is 0 Å². The van der Waals surface area contributed by atoms with Crippen molar-refractivity contribution in [3.05, 3.63) is 212 Å². The molecule has 1 aromatic heterocycles. The molecule has 10 aromatic rings. The van der Waals surface area contributed by atoms with Crippen molar-refractivity contribution in [2.45, 2.75) is 0 Å². The predicted octanol–water partition coefficient (Wildman–Crippen LogP) is 14.9. The second-order valence-corrected chi connectivity index (χ2v) is 13.7. The van der Waals surface area contributed by atoms with Gasteiger partial charge in [-0.15, -0.1) is 0 Å². The number of furan rings is 1. The maximum Gasteiger partial charge on any atom is 0.136 e. The number of benzene rings is 9. The number of hydrogen-bond donors (Lipinski definition) is 0. The minimum Gasteiger partial charge on any atom is -0.456 e. The Hall–Kier alpha value is -7.16. The third-order valence-corrected chi connectivity index (χ3v) is 10.5. The fraction of sp³-hybridized carbons (Fsp3) is 0. The van der Waals surface area contributed by atoms with Gasteiger partial charge in [-0.3, -0.25) is 0 Å². The third-order valence-electron chi connectivity index (χ3n) is 10.5. The molecule has 0 amide bonds. The van der Waals surface area contributed by atoms with Crippen molar-refractivity contribution in [1.82, 2.24) is 0 Å². The Balaban J connectivity index is 1.23. The lowest BCUT2D eigenvalue weighted by atomic mass is 9.94. The fourth-order valence-electron chi connectivity index (χ4n) is 7.85. The standard InChI is InChI=1S/C52H35NO/c1-4-16-36(17-5-1)41-28-30-50(45(32-41)38-20-8-3-9-21-38)53(48-26-14-12-24-43(48)37-18-6-2-7-19-37)49-27-15-13-25-44(49)42-29-31-51-46(34-42)47-33-39-22-10-11-23-40(39)35-52(47)54-51/h1-35H. The van der Waals surface area contributed by atoms with E-state index in [1.54, 1.807) is 0 Å². The van der Waals surface area contributed by atoms with Crippen LogP contribution in [0.4, 0.5) is 17.1 Å². The minimum atomic E-state index is 0.885. The molecule has 0 radical (unpaired) electrons. The lowest BCUT2D eigenvalue weighted by Crippen LogP contribution is -2.13. The maximum absolute atomic E-state index is 6.43. The molecule has 0 atom stereocenters. The van der Waals surface area contributed by atoms with Crippen molar-refractivity contribution in [2.75, 3.05) is 4.90 Å². The van der Waals surface area contributed by atoms with Crippen LogP contribution in [-0.2, 0) is 0 Å². The van der Waals surface area contributed by atoms with Crippen LogP contribution < -0.4 is 4.90 Å². The summed E-state index contributed by atoms with van der Waals surface area (Å²) in [5.41, 5.74) is 14.3. The van der Waals surface area contributed by atoms with E-state index in [1.165, 1.54) is 21.9 Å². The van der Waals surface area contributed by atoms with Crippen molar-refractivity contribution in [2.24, 2.45) is 0 Å². The van der Waals surface area contributed by atoms with Crippen LogP contribution in [-0.4, -0.2) is 0 Å². The van der Waals surface area contributed by atoms with Crippen LogP contribution in [0.15, 0.2) is 217 Å². The third kappa shape index (κ3) is 5.62. The van der Waals surface area contributed by atoms with Gasteiger partial charge in [-0.25, -0.2) is 0 Å². The molecule has 0 bridgehead atoms. The molecule has 9 aromatic carbocycles. The van der Waals surface area contributed by atoms with Crippen LogP contribution in [0.3, 0.4) is 0 Å². The van der Waals surface area contributed by atoms with E-state index in [0.29, 0.717) is 0 Å². The van der Waals surface area contributed by atoms with Gasteiger partial charge >= 0.3 is 0 Å². The molecule has 0 aliphatic carbocycles. The zero-order valence-electron chi connectivity index (χ0n) is 29.6. The first-order chi connectivity index (χ1) is 26.8. The predicted molar refractivity (Wildman–Crippen MR) is 228 cm³/mol. The lowest BCUT2D eigenvalue weighted by molar-refractivity contribution is 0.669. The summed E-state index contributed by atoms with van der Waals surface area (Å²) in [4.78, 5) is 2.46. The van der Waals surface area contributed by atoms with Crippen LogP contribution >= 0.6 is 0 Å². The van der Waals surface area contributed by atoms with Gasteiger partial charge < -0.3 is 9.32 Å². The van der Waals surface area contributed by atoms with E-state index in [0.717, 1.165) is 72.4 Å². The summed E-state index contributed by atoms with van der Waals surface area (Å²) >= 11 is 0. The minimum absolute atomic E-state index is 0.885. The summed E-state index contributed by atoms with van der Waals surface area (Å²) in [6.07, 6.45) is 0. The van der Waals surface area contributed by atoms with Gasteiger partial charge in [-0.05, 0) is 87.1 Å². The van der Waals surface area contributed by atoms with Crippen LogP contribution in [0, 0.1) is 0 Å². The largest absolute Gasteiger partial charge is 0.456 e. The Kier molecular flexibility index (Phi) is 7.85. The molecular weight excluding hydrogens is 655 g/mol. The van der Waals surface area contributed by atoms with Crippen molar-refractivity contribution in [3.63, 3.8) is 0 Å². The van der Waals surface area contributed by atoms with Crippen LogP contribution in [0.25, 0.3) is 77.2 Å². The first kappa shape index (κ1) is 31.6. The molecule has 0 aliphatic heterocycles. The van der Waals surface area contributed by atoms with Gasteiger partial charge in [-0.1, -0.05) is 164 Å². The Morgan fingerprint density at radius 2 is 0.759 bits per heavy atom. The molecule has 254 valence electrons. The Morgan fingerprint density at radius 3 is 1.43 bits per heavy atom. The highest BCUT2D eigenvalue weighted by molar-refractivity contribution is 6.11. The number of rotatable bonds is 7. The zero-order valence-corrected chi connectivity index (χ0v) is 29.6. The molecule has 0 saturated carbocycles. The van der Waals surface area contributed by atoms with E-state index in [2.05, 4.69) is 217 Å². The molecule has 2 heteroatoms. The summed E-state index contributed by atoms with van der Waals surface area (Å²) in [5, 5.41) is 4.61. The van der Waals surface area contributed by atoms with Crippen molar-refractivity contribution in [1.29, 1.82) is 0 Å². The second-order valence-electron chi connectivity index (χ2n) is 13.7. The second kappa shape index (κ2) is 13.4. The molecule has 0 unspecified atom stereocenters. The SMILES string of the molecule is c1ccc(-c2ccc(N(c3ccccc3-c3ccccc3)c3ccccc3-c3ccc4oc5cc6ccccc6cc5c4c3)c(-c3ccccc3)c2)cc1. The summed E-state index contributed by atoms with van der Waals surface area (Å²) < 4.78 is 6.43. The summed E-state index contributed by atoms with van der Waals surface area (Å²) in [6.45, 7) is 0. The average Bonchev–Trinajstić information content (AvgIpc) is 3.61. The highest BCUT2D eigenvalue weighted by atomic mass is 16.3. The first-order valence-corrected chi connectivity index (χ1v) is 18.4. The topological polar surface area (TPSA) is 16.4 Å². The molecule has 0 saturated heterocycles. The van der Waals surface area contributed by atoms with E-state index in [-0.39, 0.29) is 0 Å². The Morgan fingerprint density at radius 1 is 0.278 bits per heavy atom. The molecule has 2 nitrogen and oxygen atoms in total. The number of fused-ring (bicyclic) bond motifs is 4. The quantitative estimate of drug-likeness (QED) is 0.166. The molecule has 0 spiro atoms. The summed E-state index contributed by atoms with van der Waals surface area (Å²) in [7, 11) is 0. The molecule has 0 fully saturated rings. The normalized spacial score (nSPS) is 11.3. The van der Waals surface area contributed by atoms with Crippen LogP contribution in [0.2, 0.25) is 0 Å². The molecule has 1 heterocycles. The van der Waals surface area contributed by atoms with Gasteiger partial charge in [0.05, 0.1) is 17.1 Å². The van der Waals surface area contributed by atoms with E-state index < -0.39 is 0 Å². The van der Waals surface area contributed by atoms with Gasteiger partial charge in [0.25, 0.3) is 0 Å². The summed E-state index contributed by atoms with van der Waals surface area (Å²) in [6, 6.07) is 76.0. The smallest absolute Gasteiger partial charge is 0.136 e. The van der Waals surface area contributed by atoms with Crippen molar-refractivity contribution < 1.29 is 4.42 Å². The molecule has 54 heavy (non-hydrogen) atoms. The van der Waals surface area contributed by atoms with E-state index in [4.69, 9.17) is 4.42 Å². The lowest BCUT2D eigenvalue weighted by Gasteiger charge is -2.32. The maximum atomic E-state index is 6.43. The fourth-order valence-corrected chi connectivity index (χ4v) is 7.85. The monoisotopic (exact) mass is 689 g/mol. The van der Waals surface area contributed by atoms with Crippen molar-refractivity contribution >= 4 is 49.8 Å². The molecule has 0 N–H and O–H groups in total. The van der Waals surface area contributed by atoms with E-state index in [9.17, 15) is 0 Å².